The lowest BCUT2D eigenvalue weighted by Gasteiger charge is -2.36. The number of hydrogen-bond acceptors (Lipinski definition) is 6. The summed E-state index contributed by atoms with van der Waals surface area (Å²) in [6.45, 7) is 5.82. The molecule has 1 fully saturated rings. The summed E-state index contributed by atoms with van der Waals surface area (Å²) < 4.78 is 5.51. The van der Waals surface area contributed by atoms with Gasteiger partial charge >= 0.3 is 0 Å². The standard InChI is InChI=1S/C25H32N6O2/c1-26-8-9-29-10-12-30(13-11-29)24(32)17-31-16-21(20-15-19(33-2)5-6-23(20)31)22-14-18-4-3-7-27-25(18)28-22/h3-7,14-16,20,23,26H,8-13,17H2,1-2H3,(H,27,28). The molecule has 174 valence electrons. The fourth-order valence-electron chi connectivity index (χ4n) is 4.98. The Labute approximate surface area is 194 Å². The maximum absolute atomic E-state index is 13.2. The van der Waals surface area contributed by atoms with Crippen molar-refractivity contribution in [2.24, 2.45) is 5.92 Å². The largest absolute Gasteiger partial charge is 0.497 e. The predicted molar refractivity (Wildman–Crippen MR) is 129 cm³/mol. The van der Waals surface area contributed by atoms with Crippen LogP contribution in [0.3, 0.4) is 0 Å². The average Bonchev–Trinajstić information content (AvgIpc) is 3.44. The highest BCUT2D eigenvalue weighted by Gasteiger charge is 2.37. The lowest BCUT2D eigenvalue weighted by atomic mass is 9.88. The number of hydrogen-bond donors (Lipinski definition) is 2. The van der Waals surface area contributed by atoms with Crippen LogP contribution in [0.15, 0.2) is 54.6 Å². The number of rotatable bonds is 7. The summed E-state index contributed by atoms with van der Waals surface area (Å²) in [5.74, 6) is 1.15. The Morgan fingerprint density at radius 3 is 2.91 bits per heavy atom. The van der Waals surface area contributed by atoms with E-state index in [1.807, 2.05) is 24.1 Å². The maximum atomic E-state index is 13.2. The number of amides is 1. The van der Waals surface area contributed by atoms with Gasteiger partial charge in [-0.15, -0.1) is 0 Å². The van der Waals surface area contributed by atoms with Crippen LogP contribution in [0.25, 0.3) is 16.6 Å². The van der Waals surface area contributed by atoms with Gasteiger partial charge in [0.1, 0.15) is 11.4 Å². The Bertz CT molecular complexity index is 1060. The minimum atomic E-state index is 0.0964. The van der Waals surface area contributed by atoms with Gasteiger partial charge in [0.25, 0.3) is 0 Å². The zero-order valence-electron chi connectivity index (χ0n) is 19.3. The van der Waals surface area contributed by atoms with Crippen molar-refractivity contribution in [1.82, 2.24) is 30.0 Å². The fraction of sp³-hybridized carbons (Fsp3) is 0.440. The molecule has 8 nitrogen and oxygen atoms in total. The molecule has 33 heavy (non-hydrogen) atoms. The van der Waals surface area contributed by atoms with Gasteiger partial charge in [-0.25, -0.2) is 4.98 Å². The molecule has 0 saturated carbocycles. The first kappa shape index (κ1) is 21.7. The molecule has 1 amide bonds. The van der Waals surface area contributed by atoms with E-state index in [1.54, 1.807) is 13.3 Å². The molecule has 2 aromatic rings. The highest BCUT2D eigenvalue weighted by atomic mass is 16.5. The summed E-state index contributed by atoms with van der Waals surface area (Å²) in [7, 11) is 3.67. The molecule has 0 radical (unpaired) electrons. The van der Waals surface area contributed by atoms with Gasteiger partial charge in [-0.05, 0) is 37.4 Å². The molecule has 2 unspecified atom stereocenters. The maximum Gasteiger partial charge on any atom is 0.242 e. The van der Waals surface area contributed by atoms with Gasteiger partial charge in [0.05, 0.1) is 19.7 Å². The topological polar surface area (TPSA) is 76.7 Å². The number of likely N-dealkylation sites (N-methyl/N-ethyl adjacent to an activating group) is 1. The molecular formula is C25H32N6O2. The van der Waals surface area contributed by atoms with E-state index in [9.17, 15) is 4.79 Å². The summed E-state index contributed by atoms with van der Waals surface area (Å²) in [6, 6.07) is 6.24. The van der Waals surface area contributed by atoms with Crippen LogP contribution in [0, 0.1) is 5.92 Å². The minimum absolute atomic E-state index is 0.0964. The molecule has 2 atom stereocenters. The number of nitrogens with zero attached hydrogens (tertiary/aromatic N) is 4. The summed E-state index contributed by atoms with van der Waals surface area (Å²) in [6.07, 6.45) is 10.2. The van der Waals surface area contributed by atoms with Crippen molar-refractivity contribution in [1.29, 1.82) is 0 Å². The zero-order chi connectivity index (χ0) is 22.8. The first-order valence-corrected chi connectivity index (χ1v) is 11.7. The lowest BCUT2D eigenvalue weighted by Crippen LogP contribution is -2.52. The summed E-state index contributed by atoms with van der Waals surface area (Å²) in [4.78, 5) is 27.7. The van der Waals surface area contributed by atoms with E-state index in [1.165, 1.54) is 0 Å². The second-order valence-corrected chi connectivity index (χ2v) is 8.86. The van der Waals surface area contributed by atoms with Gasteiger partial charge in [-0.3, -0.25) is 9.69 Å². The van der Waals surface area contributed by atoms with Gasteiger partial charge in [0.2, 0.25) is 5.91 Å². The number of nitrogens with one attached hydrogen (secondary N) is 2. The summed E-state index contributed by atoms with van der Waals surface area (Å²) >= 11 is 0. The molecule has 3 aliphatic rings. The second-order valence-electron chi connectivity index (χ2n) is 8.86. The van der Waals surface area contributed by atoms with E-state index in [4.69, 9.17) is 4.74 Å². The molecule has 0 bridgehead atoms. The molecule has 8 heteroatoms. The van der Waals surface area contributed by atoms with Crippen LogP contribution >= 0.6 is 0 Å². The first-order chi connectivity index (χ1) is 16.2. The molecule has 2 aromatic heterocycles. The third-order valence-corrected chi connectivity index (χ3v) is 6.88. The molecule has 0 spiro atoms. The zero-order valence-corrected chi connectivity index (χ0v) is 19.3. The van der Waals surface area contributed by atoms with Gasteiger partial charge in [-0.2, -0.15) is 0 Å². The minimum Gasteiger partial charge on any atom is -0.497 e. The molecule has 1 aliphatic carbocycles. The molecule has 0 aromatic carbocycles. The van der Waals surface area contributed by atoms with Crippen LogP contribution in [-0.2, 0) is 9.53 Å². The Kier molecular flexibility index (Phi) is 6.20. The van der Waals surface area contributed by atoms with Crippen molar-refractivity contribution in [3.05, 3.63) is 60.3 Å². The number of aromatic amines is 1. The molecular weight excluding hydrogens is 416 g/mol. The lowest BCUT2D eigenvalue weighted by molar-refractivity contribution is -0.133. The predicted octanol–water partition coefficient (Wildman–Crippen LogP) is 1.67. The van der Waals surface area contributed by atoms with Crippen molar-refractivity contribution in [2.45, 2.75) is 6.04 Å². The Hall–Kier alpha value is -3.10. The number of pyridine rings is 1. The van der Waals surface area contributed by atoms with Crippen LogP contribution < -0.4 is 5.32 Å². The SMILES string of the molecule is CNCCN1CCN(C(=O)CN2C=C(c3cc4cccnc4[nH]3)C3C=C(OC)C=CC32)CC1. The van der Waals surface area contributed by atoms with Crippen LogP contribution in [0.5, 0.6) is 0 Å². The molecule has 1 saturated heterocycles. The van der Waals surface area contributed by atoms with Crippen LogP contribution in [0.1, 0.15) is 5.69 Å². The molecule has 5 rings (SSSR count). The molecule has 4 heterocycles. The van der Waals surface area contributed by atoms with Gasteiger partial charge < -0.3 is 24.8 Å². The third kappa shape index (κ3) is 4.41. The van der Waals surface area contributed by atoms with Crippen LogP contribution in [0.2, 0.25) is 0 Å². The highest BCUT2D eigenvalue weighted by molar-refractivity contribution is 5.84. The second kappa shape index (κ2) is 9.41. The number of methoxy groups -OCH3 is 1. The molecule has 2 aliphatic heterocycles. The van der Waals surface area contributed by atoms with Crippen molar-refractivity contribution in [3.63, 3.8) is 0 Å². The van der Waals surface area contributed by atoms with Crippen molar-refractivity contribution < 1.29 is 9.53 Å². The first-order valence-electron chi connectivity index (χ1n) is 11.7. The van der Waals surface area contributed by atoms with E-state index in [2.05, 4.69) is 55.6 Å². The highest BCUT2D eigenvalue weighted by Crippen LogP contribution is 2.40. The Morgan fingerprint density at radius 2 is 2.15 bits per heavy atom. The average molecular weight is 449 g/mol. The van der Waals surface area contributed by atoms with Gasteiger partial charge in [0, 0.05) is 74.2 Å². The van der Waals surface area contributed by atoms with E-state index >= 15 is 0 Å². The number of carbonyl (C=O) groups excluding carboxylic acids is 1. The van der Waals surface area contributed by atoms with E-state index < -0.39 is 0 Å². The number of piperazine rings is 1. The van der Waals surface area contributed by atoms with Gasteiger partial charge in [-0.1, -0.05) is 6.08 Å². The van der Waals surface area contributed by atoms with E-state index in [0.29, 0.717) is 6.54 Å². The smallest absolute Gasteiger partial charge is 0.242 e. The number of H-pyrrole nitrogens is 1. The number of aromatic nitrogens is 2. The number of fused-ring (bicyclic) bond motifs is 2. The Morgan fingerprint density at radius 1 is 1.30 bits per heavy atom. The van der Waals surface area contributed by atoms with Crippen molar-refractivity contribution >= 4 is 22.5 Å². The monoisotopic (exact) mass is 448 g/mol. The molecule has 2 N–H and O–H groups in total. The quantitative estimate of drug-likeness (QED) is 0.671. The Balaban J connectivity index is 1.33. The fourth-order valence-corrected chi connectivity index (χ4v) is 4.98. The van der Waals surface area contributed by atoms with E-state index in [0.717, 1.165) is 67.3 Å². The van der Waals surface area contributed by atoms with Crippen LogP contribution in [0.4, 0.5) is 0 Å². The van der Waals surface area contributed by atoms with Gasteiger partial charge in [0.15, 0.2) is 0 Å². The van der Waals surface area contributed by atoms with Crippen LogP contribution in [-0.4, -0.2) is 96.6 Å². The van der Waals surface area contributed by atoms with Crippen molar-refractivity contribution in [2.75, 3.05) is 60.0 Å². The third-order valence-electron chi connectivity index (χ3n) is 6.88. The summed E-state index contributed by atoms with van der Waals surface area (Å²) in [5.41, 5.74) is 3.06. The summed E-state index contributed by atoms with van der Waals surface area (Å²) in [5, 5.41) is 4.28. The number of carbonyl (C=O) groups is 1. The number of ether oxygens (including phenoxy) is 1. The normalized spacial score (nSPS) is 23.0. The van der Waals surface area contributed by atoms with E-state index in [-0.39, 0.29) is 17.9 Å². The number of allylic oxidation sites excluding steroid dienone is 1. The van der Waals surface area contributed by atoms with Crippen molar-refractivity contribution in [3.8, 4) is 0 Å².